The van der Waals surface area contributed by atoms with Gasteiger partial charge in [-0.15, -0.1) is 0 Å². The molecule has 1 aromatic carbocycles. The first kappa shape index (κ1) is 24.9. The number of aromatic nitrogens is 1. The van der Waals surface area contributed by atoms with Crippen LogP contribution in [0.15, 0.2) is 35.5 Å². The molecule has 3 N–H and O–H groups in total. The number of benzene rings is 1. The number of nitrogens with one attached hydrogen (secondary N) is 1. The van der Waals surface area contributed by atoms with Gasteiger partial charge in [0.1, 0.15) is 10.4 Å². The monoisotopic (exact) mass is 495 g/mol. The summed E-state index contributed by atoms with van der Waals surface area (Å²) < 4.78 is 28.7. The minimum absolute atomic E-state index is 0.00621. The van der Waals surface area contributed by atoms with E-state index in [1.807, 2.05) is 0 Å². The van der Waals surface area contributed by atoms with Crippen molar-refractivity contribution in [3.63, 3.8) is 0 Å². The second kappa shape index (κ2) is 8.90. The highest BCUT2D eigenvalue weighted by molar-refractivity contribution is 8.15. The quantitative estimate of drug-likeness (QED) is 0.667. The molecule has 1 aliphatic heterocycles. The van der Waals surface area contributed by atoms with Crippen molar-refractivity contribution < 1.29 is 18.4 Å². The molecule has 11 heteroatoms. The smallest absolute Gasteiger partial charge is 0.274 e. The highest BCUT2D eigenvalue weighted by Crippen LogP contribution is 2.51. The zero-order valence-electron chi connectivity index (χ0n) is 18.7. The van der Waals surface area contributed by atoms with Crippen LogP contribution >= 0.6 is 23.4 Å². The topological polar surface area (TPSA) is 101 Å². The number of aliphatic imine (C=N–C) groups is 1. The first-order chi connectivity index (χ1) is 15.3. The number of amides is 2. The average Bonchev–Trinajstić information content (AvgIpc) is 2.74. The Morgan fingerprint density at radius 1 is 1.24 bits per heavy atom. The van der Waals surface area contributed by atoms with Gasteiger partial charge in [0, 0.05) is 43.5 Å². The molecule has 0 fully saturated rings. The fraction of sp³-hybridized carbons (Fsp3) is 0.364. The third-order valence-corrected chi connectivity index (χ3v) is 7.43. The lowest BCUT2D eigenvalue weighted by atomic mass is 9.73. The van der Waals surface area contributed by atoms with Crippen LogP contribution in [0, 0.1) is 17.6 Å². The maximum absolute atomic E-state index is 15.1. The maximum Gasteiger partial charge on any atom is 0.274 e. The average molecular weight is 496 g/mol. The SMILES string of the molecule is C[C@@H]1[C@@](C)(C(=O)N(C)C)SC(N)=N[C@]1(C)c1cc(NC(=O)c2ccc(Cl)cn2)cc(F)c1F. The normalized spacial score (nSPS) is 24.7. The van der Waals surface area contributed by atoms with Gasteiger partial charge >= 0.3 is 0 Å². The van der Waals surface area contributed by atoms with E-state index in [0.29, 0.717) is 5.02 Å². The molecule has 2 amide bonds. The van der Waals surface area contributed by atoms with Gasteiger partial charge in [0.05, 0.1) is 10.6 Å². The summed E-state index contributed by atoms with van der Waals surface area (Å²) in [5.41, 5.74) is 4.59. The highest BCUT2D eigenvalue weighted by Gasteiger charge is 2.54. The number of amidine groups is 1. The van der Waals surface area contributed by atoms with Crippen molar-refractivity contribution >= 4 is 46.0 Å². The fourth-order valence-electron chi connectivity index (χ4n) is 3.89. The molecule has 2 heterocycles. The molecule has 7 nitrogen and oxygen atoms in total. The summed E-state index contributed by atoms with van der Waals surface area (Å²) in [5.74, 6) is -3.75. The van der Waals surface area contributed by atoms with Crippen molar-refractivity contribution in [1.29, 1.82) is 0 Å². The van der Waals surface area contributed by atoms with E-state index in [1.54, 1.807) is 34.9 Å². The number of nitrogens with zero attached hydrogens (tertiary/aromatic N) is 3. The molecule has 3 rings (SSSR count). The molecule has 1 aromatic heterocycles. The van der Waals surface area contributed by atoms with Gasteiger partial charge in [-0.3, -0.25) is 14.6 Å². The lowest BCUT2D eigenvalue weighted by Crippen LogP contribution is -2.56. The van der Waals surface area contributed by atoms with E-state index >= 15 is 4.39 Å². The molecule has 0 spiro atoms. The third-order valence-electron chi connectivity index (χ3n) is 5.95. The minimum Gasteiger partial charge on any atom is -0.378 e. The number of carbonyl (C=O) groups excluding carboxylic acids is 2. The number of anilines is 1. The maximum atomic E-state index is 15.1. The van der Waals surface area contributed by atoms with Crippen LogP contribution in [0.3, 0.4) is 0 Å². The second-order valence-electron chi connectivity index (χ2n) is 8.36. The largest absolute Gasteiger partial charge is 0.378 e. The predicted molar refractivity (Wildman–Crippen MR) is 126 cm³/mol. The summed E-state index contributed by atoms with van der Waals surface area (Å²) in [7, 11) is 3.22. The Kier molecular flexibility index (Phi) is 6.72. The summed E-state index contributed by atoms with van der Waals surface area (Å²) in [5, 5.41) is 2.95. The van der Waals surface area contributed by atoms with E-state index in [1.165, 1.54) is 29.3 Å². The Morgan fingerprint density at radius 2 is 1.91 bits per heavy atom. The second-order valence-corrected chi connectivity index (χ2v) is 10.3. The van der Waals surface area contributed by atoms with E-state index in [-0.39, 0.29) is 28.0 Å². The molecule has 2 aromatic rings. The molecule has 0 saturated heterocycles. The number of hydrogen-bond donors (Lipinski definition) is 2. The van der Waals surface area contributed by atoms with Gasteiger partial charge in [0.15, 0.2) is 16.8 Å². The van der Waals surface area contributed by atoms with Crippen LogP contribution < -0.4 is 11.1 Å². The van der Waals surface area contributed by atoms with Crippen molar-refractivity contribution in [3.8, 4) is 0 Å². The van der Waals surface area contributed by atoms with Crippen molar-refractivity contribution in [1.82, 2.24) is 9.88 Å². The number of hydrogen-bond acceptors (Lipinski definition) is 6. The minimum atomic E-state index is -1.39. The van der Waals surface area contributed by atoms with Crippen LogP contribution in [-0.2, 0) is 10.3 Å². The van der Waals surface area contributed by atoms with E-state index < -0.39 is 33.7 Å². The molecular weight excluding hydrogens is 472 g/mol. The Labute approximate surface area is 199 Å². The fourth-order valence-corrected chi connectivity index (χ4v) is 5.35. The van der Waals surface area contributed by atoms with Gasteiger partial charge < -0.3 is 16.0 Å². The van der Waals surface area contributed by atoms with Crippen molar-refractivity contribution in [2.24, 2.45) is 16.6 Å². The molecule has 0 bridgehead atoms. The molecule has 33 heavy (non-hydrogen) atoms. The molecule has 3 atom stereocenters. The summed E-state index contributed by atoms with van der Waals surface area (Å²) in [6.07, 6.45) is 1.30. The Morgan fingerprint density at radius 3 is 2.48 bits per heavy atom. The van der Waals surface area contributed by atoms with E-state index in [4.69, 9.17) is 17.3 Å². The van der Waals surface area contributed by atoms with Crippen LogP contribution in [0.2, 0.25) is 5.02 Å². The summed E-state index contributed by atoms with van der Waals surface area (Å²) >= 11 is 6.88. The van der Waals surface area contributed by atoms with Crippen molar-refractivity contribution in [2.75, 3.05) is 19.4 Å². The van der Waals surface area contributed by atoms with Crippen LogP contribution in [-0.4, -0.2) is 45.7 Å². The molecule has 0 unspecified atom stereocenters. The van der Waals surface area contributed by atoms with Gasteiger partial charge in [-0.05, 0) is 32.0 Å². The standard InChI is InChI=1S/C22H24ClF2N5O2S/c1-11-21(2,29-20(26)33-22(11,3)19(32)30(4)5)14-8-13(9-15(24)17(14)25)28-18(31)16-7-6-12(23)10-27-16/h6-11H,1-5H3,(H2,26,29)(H,28,31)/t11-,21-,22-/m0/s1. The highest BCUT2D eigenvalue weighted by atomic mass is 35.5. The number of thioether (sulfide) groups is 1. The van der Waals surface area contributed by atoms with E-state index in [2.05, 4.69) is 15.3 Å². The number of nitrogens with two attached hydrogens (primary N) is 1. The predicted octanol–water partition coefficient (Wildman–Crippen LogP) is 4.03. The zero-order chi connectivity index (χ0) is 24.7. The number of halogens is 3. The molecule has 1 aliphatic rings. The van der Waals surface area contributed by atoms with Gasteiger partial charge in [0.25, 0.3) is 5.91 Å². The first-order valence-corrected chi connectivity index (χ1v) is 11.2. The first-order valence-electron chi connectivity index (χ1n) is 9.98. The summed E-state index contributed by atoms with van der Waals surface area (Å²) in [6.45, 7) is 5.04. The third kappa shape index (κ3) is 4.54. The molecule has 0 aliphatic carbocycles. The van der Waals surface area contributed by atoms with Crippen LogP contribution in [0.1, 0.15) is 36.8 Å². The Hall–Kier alpha value is -2.72. The van der Waals surface area contributed by atoms with E-state index in [0.717, 1.165) is 17.8 Å². The van der Waals surface area contributed by atoms with Crippen molar-refractivity contribution in [2.45, 2.75) is 31.1 Å². The van der Waals surface area contributed by atoms with Crippen LogP contribution in [0.4, 0.5) is 14.5 Å². The lowest BCUT2D eigenvalue weighted by molar-refractivity contribution is -0.132. The zero-order valence-corrected chi connectivity index (χ0v) is 20.3. The molecular formula is C22H24ClF2N5O2S. The van der Waals surface area contributed by atoms with Crippen molar-refractivity contribution in [3.05, 3.63) is 58.4 Å². The lowest BCUT2D eigenvalue weighted by Gasteiger charge is -2.47. The summed E-state index contributed by atoms with van der Waals surface area (Å²) in [4.78, 5) is 35.3. The van der Waals surface area contributed by atoms with E-state index in [9.17, 15) is 14.0 Å². The van der Waals surface area contributed by atoms with Gasteiger partial charge in [-0.25, -0.2) is 13.8 Å². The molecule has 176 valence electrons. The summed E-state index contributed by atoms with van der Waals surface area (Å²) in [6, 6.07) is 5.07. The molecule has 0 saturated carbocycles. The number of carbonyl (C=O) groups is 2. The molecule has 0 radical (unpaired) electrons. The Bertz CT molecular complexity index is 1140. The van der Waals surface area contributed by atoms with Gasteiger partial charge in [0.2, 0.25) is 5.91 Å². The van der Waals surface area contributed by atoms with Crippen LogP contribution in [0.25, 0.3) is 0 Å². The van der Waals surface area contributed by atoms with Gasteiger partial charge in [-0.1, -0.05) is 30.3 Å². The Balaban J connectivity index is 2.07. The van der Waals surface area contributed by atoms with Crippen LogP contribution in [0.5, 0.6) is 0 Å². The number of rotatable bonds is 4. The van der Waals surface area contributed by atoms with Gasteiger partial charge in [-0.2, -0.15) is 0 Å². The number of pyridine rings is 1.